The van der Waals surface area contributed by atoms with E-state index >= 15 is 0 Å². The number of ether oxygens (including phenoxy) is 1. The Kier molecular flexibility index (Phi) is 3.89. The second-order valence-corrected chi connectivity index (χ2v) is 6.58. The number of rotatable bonds is 3. The van der Waals surface area contributed by atoms with Crippen LogP contribution in [0.3, 0.4) is 0 Å². The molecule has 26 heavy (non-hydrogen) atoms. The number of nitrogens with zero attached hydrogens (tertiary/aromatic N) is 4. The van der Waals surface area contributed by atoms with Crippen molar-refractivity contribution in [3.8, 4) is 5.75 Å². The number of aromatic nitrogens is 3. The zero-order chi connectivity index (χ0) is 18.5. The zero-order valence-corrected chi connectivity index (χ0v) is 14.0. The summed E-state index contributed by atoms with van der Waals surface area (Å²) in [5.74, 6) is 1.19. The van der Waals surface area contributed by atoms with Crippen molar-refractivity contribution < 1.29 is 22.7 Å². The Labute approximate surface area is 147 Å². The van der Waals surface area contributed by atoms with Gasteiger partial charge in [0, 0.05) is 18.0 Å². The lowest BCUT2D eigenvalue weighted by Crippen LogP contribution is -2.41. The minimum Gasteiger partial charge on any atom is -0.406 e. The Balaban J connectivity index is 1.55. The first-order valence-corrected chi connectivity index (χ1v) is 8.43. The van der Waals surface area contributed by atoms with Gasteiger partial charge in [0.2, 0.25) is 0 Å². The van der Waals surface area contributed by atoms with Gasteiger partial charge in [-0.25, -0.2) is 9.67 Å². The van der Waals surface area contributed by atoms with Gasteiger partial charge in [-0.3, -0.25) is 4.79 Å². The van der Waals surface area contributed by atoms with Gasteiger partial charge < -0.3 is 9.64 Å². The maximum absolute atomic E-state index is 12.8. The molecule has 1 aliphatic heterocycles. The number of halogens is 3. The molecule has 2 heterocycles. The van der Waals surface area contributed by atoms with Gasteiger partial charge in [-0.1, -0.05) is 6.07 Å². The predicted molar refractivity (Wildman–Crippen MR) is 84.6 cm³/mol. The largest absolute Gasteiger partial charge is 0.573 e. The number of fused-ring (bicyclic) bond motifs is 1. The van der Waals surface area contributed by atoms with Crippen molar-refractivity contribution in [2.45, 2.75) is 44.6 Å². The van der Waals surface area contributed by atoms with Gasteiger partial charge in [-0.15, -0.1) is 13.2 Å². The third-order valence-corrected chi connectivity index (χ3v) is 4.63. The van der Waals surface area contributed by atoms with Crippen LogP contribution in [-0.4, -0.2) is 38.5 Å². The third kappa shape index (κ3) is 3.25. The molecule has 0 saturated heterocycles. The lowest BCUT2D eigenvalue weighted by Gasteiger charge is -2.33. The molecule has 6 nitrogen and oxygen atoms in total. The molecule has 138 valence electrons. The number of carbonyl (C=O) groups is 1. The number of hydrogen-bond acceptors (Lipinski definition) is 4. The van der Waals surface area contributed by atoms with Crippen LogP contribution in [0.5, 0.6) is 5.75 Å². The monoisotopic (exact) mass is 366 g/mol. The van der Waals surface area contributed by atoms with E-state index in [0.717, 1.165) is 24.7 Å². The molecule has 4 rings (SSSR count). The van der Waals surface area contributed by atoms with Crippen LogP contribution in [0.1, 0.15) is 53.7 Å². The maximum Gasteiger partial charge on any atom is 0.573 e. The van der Waals surface area contributed by atoms with Crippen molar-refractivity contribution in [2.24, 2.45) is 0 Å². The van der Waals surface area contributed by atoms with Crippen LogP contribution >= 0.6 is 0 Å². The normalized spacial score (nSPS) is 20.0. The van der Waals surface area contributed by atoms with Crippen molar-refractivity contribution in [3.05, 3.63) is 41.5 Å². The van der Waals surface area contributed by atoms with Gasteiger partial charge in [-0.2, -0.15) is 5.10 Å². The SMILES string of the molecule is C[C@@H]1c2nc(C3CC3)nn2CCN1C(=O)c1cccc(OC(F)(F)F)c1. The number of carbonyl (C=O) groups excluding carboxylic acids is 1. The molecule has 0 spiro atoms. The fourth-order valence-corrected chi connectivity index (χ4v) is 3.17. The van der Waals surface area contributed by atoms with E-state index in [-0.39, 0.29) is 17.5 Å². The standard InChI is InChI=1S/C17H17F3N4O2/c1-10-15-21-14(11-5-6-11)22-24(15)8-7-23(10)16(25)12-3-2-4-13(9-12)26-17(18,19)20/h2-4,9-11H,5-8H2,1H3/t10-/m1/s1. The van der Waals surface area contributed by atoms with Crippen molar-refractivity contribution in [3.63, 3.8) is 0 Å². The van der Waals surface area contributed by atoms with Gasteiger partial charge in [0.1, 0.15) is 11.6 Å². The van der Waals surface area contributed by atoms with Gasteiger partial charge in [0.15, 0.2) is 5.82 Å². The Hall–Kier alpha value is -2.58. The molecular weight excluding hydrogens is 349 g/mol. The number of amides is 1. The number of hydrogen-bond donors (Lipinski definition) is 0. The summed E-state index contributed by atoms with van der Waals surface area (Å²) in [5.41, 5.74) is 0.147. The quantitative estimate of drug-likeness (QED) is 0.837. The molecule has 0 unspecified atom stereocenters. The summed E-state index contributed by atoms with van der Waals surface area (Å²) < 4.78 is 42.9. The first-order chi connectivity index (χ1) is 12.3. The predicted octanol–water partition coefficient (Wildman–Crippen LogP) is 3.27. The molecule has 1 saturated carbocycles. The van der Waals surface area contributed by atoms with Gasteiger partial charge in [0.05, 0.1) is 12.6 Å². The molecule has 0 N–H and O–H groups in total. The van der Waals surface area contributed by atoms with E-state index in [4.69, 9.17) is 0 Å². The summed E-state index contributed by atoms with van der Waals surface area (Å²) in [6, 6.07) is 4.83. The summed E-state index contributed by atoms with van der Waals surface area (Å²) in [5, 5.41) is 4.51. The fraction of sp³-hybridized carbons (Fsp3) is 0.471. The van der Waals surface area contributed by atoms with Crippen LogP contribution in [0, 0.1) is 0 Å². The minimum atomic E-state index is -4.80. The Bertz CT molecular complexity index is 845. The molecule has 1 aromatic carbocycles. The number of benzene rings is 1. The van der Waals surface area contributed by atoms with Crippen molar-refractivity contribution in [1.29, 1.82) is 0 Å². The van der Waals surface area contributed by atoms with Crippen LogP contribution < -0.4 is 4.74 Å². The van der Waals surface area contributed by atoms with Crippen LogP contribution in [0.15, 0.2) is 24.3 Å². The van der Waals surface area contributed by atoms with Gasteiger partial charge in [0.25, 0.3) is 5.91 Å². The van der Waals surface area contributed by atoms with E-state index in [1.54, 1.807) is 4.90 Å². The minimum absolute atomic E-state index is 0.147. The van der Waals surface area contributed by atoms with E-state index in [1.165, 1.54) is 18.2 Å². The highest BCUT2D eigenvalue weighted by Crippen LogP contribution is 2.39. The van der Waals surface area contributed by atoms with Crippen LogP contribution in [0.2, 0.25) is 0 Å². The summed E-state index contributed by atoms with van der Waals surface area (Å²) >= 11 is 0. The highest BCUT2D eigenvalue weighted by Gasteiger charge is 2.35. The third-order valence-electron chi connectivity index (χ3n) is 4.63. The second kappa shape index (κ2) is 6.00. The Morgan fingerprint density at radius 1 is 1.27 bits per heavy atom. The molecule has 9 heteroatoms. The lowest BCUT2D eigenvalue weighted by molar-refractivity contribution is -0.274. The van der Waals surface area contributed by atoms with E-state index < -0.39 is 12.1 Å². The Morgan fingerprint density at radius 2 is 2.04 bits per heavy atom. The molecule has 1 atom stereocenters. The van der Waals surface area contributed by atoms with E-state index in [1.807, 2.05) is 11.6 Å². The summed E-state index contributed by atoms with van der Waals surface area (Å²) in [7, 11) is 0. The Morgan fingerprint density at radius 3 is 2.73 bits per heavy atom. The van der Waals surface area contributed by atoms with E-state index in [2.05, 4.69) is 14.8 Å². The molecule has 1 aliphatic carbocycles. The highest BCUT2D eigenvalue weighted by atomic mass is 19.4. The van der Waals surface area contributed by atoms with Crippen LogP contribution in [-0.2, 0) is 6.54 Å². The second-order valence-electron chi connectivity index (χ2n) is 6.58. The first kappa shape index (κ1) is 16.9. The average molecular weight is 366 g/mol. The molecule has 1 aromatic heterocycles. The molecule has 0 bridgehead atoms. The smallest absolute Gasteiger partial charge is 0.406 e. The van der Waals surface area contributed by atoms with Crippen LogP contribution in [0.4, 0.5) is 13.2 Å². The van der Waals surface area contributed by atoms with Crippen LogP contribution in [0.25, 0.3) is 0 Å². The van der Waals surface area contributed by atoms with E-state index in [0.29, 0.717) is 24.8 Å². The number of alkyl halides is 3. The molecule has 1 amide bonds. The molecule has 2 aromatic rings. The average Bonchev–Trinajstić information content (AvgIpc) is 3.33. The molecule has 1 fully saturated rings. The molecule has 2 aliphatic rings. The molecule has 0 radical (unpaired) electrons. The van der Waals surface area contributed by atoms with Crippen molar-refractivity contribution in [1.82, 2.24) is 19.7 Å². The maximum atomic E-state index is 12.8. The topological polar surface area (TPSA) is 60.2 Å². The van der Waals surface area contributed by atoms with Gasteiger partial charge in [-0.05, 0) is 38.0 Å². The van der Waals surface area contributed by atoms with Crippen molar-refractivity contribution in [2.75, 3.05) is 6.54 Å². The summed E-state index contributed by atoms with van der Waals surface area (Å²) in [6.07, 6.45) is -2.62. The highest BCUT2D eigenvalue weighted by molar-refractivity contribution is 5.94. The summed E-state index contributed by atoms with van der Waals surface area (Å²) in [6.45, 7) is 2.79. The van der Waals surface area contributed by atoms with Crippen molar-refractivity contribution >= 4 is 5.91 Å². The fourth-order valence-electron chi connectivity index (χ4n) is 3.17. The summed E-state index contributed by atoms with van der Waals surface area (Å²) in [4.78, 5) is 19.0. The first-order valence-electron chi connectivity index (χ1n) is 8.43. The van der Waals surface area contributed by atoms with Gasteiger partial charge >= 0.3 is 6.36 Å². The lowest BCUT2D eigenvalue weighted by atomic mass is 10.1. The van der Waals surface area contributed by atoms with E-state index in [9.17, 15) is 18.0 Å². The zero-order valence-electron chi connectivity index (χ0n) is 14.0. The molecular formula is C17H17F3N4O2.